The lowest BCUT2D eigenvalue weighted by atomic mass is 10.1. The smallest absolute Gasteiger partial charge is 0.295 e. The Kier molecular flexibility index (Phi) is 6.33. The van der Waals surface area contributed by atoms with Gasteiger partial charge in [-0.05, 0) is 44.2 Å². The Morgan fingerprint density at radius 3 is 2.13 bits per heavy atom. The second-order valence-corrected chi connectivity index (χ2v) is 6.94. The van der Waals surface area contributed by atoms with Gasteiger partial charge in [0.15, 0.2) is 17.2 Å². The molecule has 0 unspecified atom stereocenters. The fourth-order valence-corrected chi connectivity index (χ4v) is 3.37. The lowest BCUT2D eigenvalue weighted by molar-refractivity contribution is 0.0994. The summed E-state index contributed by atoms with van der Waals surface area (Å²) in [6.45, 7) is 3.87. The first-order valence-corrected chi connectivity index (χ1v) is 9.53. The van der Waals surface area contributed by atoms with E-state index in [2.05, 4.69) is 10.2 Å². The van der Waals surface area contributed by atoms with Gasteiger partial charge in [-0.15, -0.1) is 10.2 Å². The fourth-order valence-electron chi connectivity index (χ4n) is 3.37. The normalized spacial score (nSPS) is 11.3. The lowest BCUT2D eigenvalue weighted by Crippen LogP contribution is -2.00. The van der Waals surface area contributed by atoms with Crippen LogP contribution < -0.4 is 18.9 Å². The highest BCUT2D eigenvalue weighted by molar-refractivity contribution is 5.98. The predicted octanol–water partition coefficient (Wildman–Crippen LogP) is 4.89. The number of aromatic hydroxyl groups is 1. The summed E-state index contributed by atoms with van der Waals surface area (Å²) in [6.07, 6.45) is 0. The van der Waals surface area contributed by atoms with Crippen molar-refractivity contribution in [1.82, 2.24) is 4.57 Å². The van der Waals surface area contributed by atoms with Crippen LogP contribution in [0.2, 0.25) is 0 Å². The number of aromatic nitrogens is 1. The van der Waals surface area contributed by atoms with Crippen LogP contribution in [0.25, 0.3) is 10.9 Å². The Morgan fingerprint density at radius 1 is 0.968 bits per heavy atom. The molecule has 164 valence electrons. The average molecular weight is 427 g/mol. The monoisotopic (exact) mass is 427 g/mol. The van der Waals surface area contributed by atoms with Crippen LogP contribution >= 0.6 is 0 Å². The van der Waals surface area contributed by atoms with E-state index in [0.717, 1.165) is 5.52 Å². The molecule has 1 N–H and O–H groups in total. The van der Waals surface area contributed by atoms with Crippen molar-refractivity contribution < 1.29 is 28.8 Å². The summed E-state index contributed by atoms with van der Waals surface area (Å²) in [7, 11) is 5.94. The highest BCUT2D eigenvalue weighted by Crippen LogP contribution is 2.43. The van der Waals surface area contributed by atoms with Crippen LogP contribution in [0.5, 0.6) is 28.9 Å². The molecule has 0 aliphatic heterocycles. The third-order valence-electron chi connectivity index (χ3n) is 4.83. The van der Waals surface area contributed by atoms with Gasteiger partial charge in [0.1, 0.15) is 5.75 Å². The zero-order chi connectivity index (χ0) is 22.7. The van der Waals surface area contributed by atoms with E-state index in [1.54, 1.807) is 23.8 Å². The minimum Gasteiger partial charge on any atom is -0.497 e. The van der Waals surface area contributed by atoms with Crippen molar-refractivity contribution in [2.24, 2.45) is 10.2 Å². The zero-order valence-electron chi connectivity index (χ0n) is 18.3. The van der Waals surface area contributed by atoms with E-state index < -0.39 is 5.91 Å². The first kappa shape index (κ1) is 21.9. The number of rotatable bonds is 7. The van der Waals surface area contributed by atoms with Gasteiger partial charge in [-0.2, -0.15) is 0 Å². The summed E-state index contributed by atoms with van der Waals surface area (Å²) in [6, 6.07) is 8.31. The molecule has 0 saturated heterocycles. The van der Waals surface area contributed by atoms with Crippen LogP contribution in [0.3, 0.4) is 0 Å². The van der Waals surface area contributed by atoms with E-state index in [1.807, 2.05) is 19.9 Å². The SMILES string of the molecule is COc1ccc2c(c1)c(N=NC(=O)c1cc(OC)c(OC)c(OC)c1)c(O)n2C(C)C. The van der Waals surface area contributed by atoms with Gasteiger partial charge in [0.25, 0.3) is 5.91 Å². The van der Waals surface area contributed by atoms with Gasteiger partial charge in [-0.1, -0.05) is 0 Å². The third kappa shape index (κ3) is 3.98. The molecule has 31 heavy (non-hydrogen) atoms. The van der Waals surface area contributed by atoms with Gasteiger partial charge in [0.2, 0.25) is 11.6 Å². The standard InChI is InChI=1S/C22H25N3O6/c1-12(2)25-16-8-7-14(28-3)11-15(16)19(22(25)27)23-24-21(26)13-9-17(29-4)20(31-6)18(10-13)30-5/h7-12,27H,1-6H3. The third-order valence-corrected chi connectivity index (χ3v) is 4.83. The summed E-state index contributed by atoms with van der Waals surface area (Å²) >= 11 is 0. The van der Waals surface area contributed by atoms with Crippen molar-refractivity contribution in [3.63, 3.8) is 0 Å². The molecule has 9 heteroatoms. The predicted molar refractivity (Wildman–Crippen MR) is 115 cm³/mol. The fraction of sp³-hybridized carbons (Fsp3) is 0.318. The summed E-state index contributed by atoms with van der Waals surface area (Å²) in [5.41, 5.74) is 1.13. The number of hydrogen-bond donors (Lipinski definition) is 1. The first-order chi connectivity index (χ1) is 14.9. The van der Waals surface area contributed by atoms with Gasteiger partial charge in [-0.3, -0.25) is 4.79 Å². The molecule has 0 bridgehead atoms. The van der Waals surface area contributed by atoms with E-state index >= 15 is 0 Å². The number of carbonyl (C=O) groups is 1. The topological polar surface area (TPSA) is 104 Å². The summed E-state index contributed by atoms with van der Waals surface area (Å²) in [4.78, 5) is 12.7. The Labute approximate surface area is 179 Å². The van der Waals surface area contributed by atoms with Crippen LogP contribution in [0.4, 0.5) is 5.69 Å². The molecule has 0 fully saturated rings. The zero-order valence-corrected chi connectivity index (χ0v) is 18.3. The Hall–Kier alpha value is -3.75. The molecular weight excluding hydrogens is 402 g/mol. The van der Waals surface area contributed by atoms with Gasteiger partial charge in [-0.25, -0.2) is 0 Å². The van der Waals surface area contributed by atoms with Crippen LogP contribution in [-0.4, -0.2) is 44.0 Å². The molecule has 1 amide bonds. The van der Waals surface area contributed by atoms with Crippen molar-refractivity contribution >= 4 is 22.5 Å². The second kappa shape index (κ2) is 8.95. The molecule has 0 saturated carbocycles. The van der Waals surface area contributed by atoms with E-state index in [4.69, 9.17) is 18.9 Å². The number of azo groups is 1. The second-order valence-electron chi connectivity index (χ2n) is 6.94. The van der Waals surface area contributed by atoms with Crippen LogP contribution in [-0.2, 0) is 0 Å². The minimum atomic E-state index is -0.632. The summed E-state index contributed by atoms with van der Waals surface area (Å²) in [5.74, 6) is 0.893. The van der Waals surface area contributed by atoms with Crippen LogP contribution in [0.15, 0.2) is 40.6 Å². The molecule has 0 radical (unpaired) electrons. The molecule has 1 aromatic heterocycles. The van der Waals surface area contributed by atoms with Crippen molar-refractivity contribution in [2.75, 3.05) is 28.4 Å². The summed E-state index contributed by atoms with van der Waals surface area (Å²) < 4.78 is 22.8. The Morgan fingerprint density at radius 2 is 1.61 bits per heavy atom. The Balaban J connectivity index is 2.07. The van der Waals surface area contributed by atoms with Gasteiger partial charge in [0, 0.05) is 11.4 Å². The van der Waals surface area contributed by atoms with Crippen molar-refractivity contribution in [3.05, 3.63) is 35.9 Å². The van der Waals surface area contributed by atoms with Gasteiger partial charge >= 0.3 is 0 Å². The van der Waals surface area contributed by atoms with E-state index in [9.17, 15) is 9.90 Å². The maximum absolute atomic E-state index is 12.7. The number of methoxy groups -OCH3 is 4. The van der Waals surface area contributed by atoms with Crippen molar-refractivity contribution in [1.29, 1.82) is 0 Å². The maximum atomic E-state index is 12.7. The number of amides is 1. The highest BCUT2D eigenvalue weighted by atomic mass is 16.5. The number of fused-ring (bicyclic) bond motifs is 1. The molecule has 9 nitrogen and oxygen atoms in total. The van der Waals surface area contributed by atoms with Crippen molar-refractivity contribution in [3.8, 4) is 28.9 Å². The quantitative estimate of drug-likeness (QED) is 0.539. The Bertz CT molecular complexity index is 1120. The largest absolute Gasteiger partial charge is 0.497 e. The molecule has 0 atom stereocenters. The van der Waals surface area contributed by atoms with Crippen LogP contribution in [0, 0.1) is 0 Å². The highest BCUT2D eigenvalue weighted by Gasteiger charge is 2.21. The molecule has 0 aliphatic carbocycles. The van der Waals surface area contributed by atoms with Crippen molar-refractivity contribution in [2.45, 2.75) is 19.9 Å². The number of nitrogens with zero attached hydrogens (tertiary/aromatic N) is 3. The van der Waals surface area contributed by atoms with Gasteiger partial charge in [0.05, 0.1) is 39.5 Å². The van der Waals surface area contributed by atoms with E-state index in [0.29, 0.717) is 28.4 Å². The van der Waals surface area contributed by atoms with Gasteiger partial charge < -0.3 is 28.6 Å². The number of carbonyl (C=O) groups excluding carboxylic acids is 1. The van der Waals surface area contributed by atoms with E-state index in [1.165, 1.54) is 33.5 Å². The number of hydrogen-bond acceptors (Lipinski definition) is 7. The molecule has 0 spiro atoms. The first-order valence-electron chi connectivity index (χ1n) is 9.53. The van der Waals surface area contributed by atoms with E-state index in [-0.39, 0.29) is 23.2 Å². The van der Waals surface area contributed by atoms with Crippen LogP contribution in [0.1, 0.15) is 30.2 Å². The molecule has 2 aromatic carbocycles. The maximum Gasteiger partial charge on any atom is 0.295 e. The minimum absolute atomic E-state index is 0.0364. The molecule has 1 heterocycles. The number of ether oxygens (including phenoxy) is 4. The summed E-state index contributed by atoms with van der Waals surface area (Å²) in [5, 5.41) is 19.3. The molecular formula is C22H25N3O6. The lowest BCUT2D eigenvalue weighted by Gasteiger charge is -2.12. The molecule has 0 aliphatic rings. The number of benzene rings is 2. The average Bonchev–Trinajstić information content (AvgIpc) is 3.06. The molecule has 3 aromatic rings. The molecule has 3 rings (SSSR count).